The van der Waals surface area contributed by atoms with Gasteiger partial charge in [0.1, 0.15) is 11.8 Å². The van der Waals surface area contributed by atoms with Gasteiger partial charge >= 0.3 is 5.97 Å². The van der Waals surface area contributed by atoms with Gasteiger partial charge in [0.25, 0.3) is 5.56 Å². The molecule has 3 heterocycles. The maximum atomic E-state index is 13.5. The second-order valence-electron chi connectivity index (χ2n) is 6.82. The van der Waals surface area contributed by atoms with Gasteiger partial charge in [-0.05, 0) is 43.7 Å². The van der Waals surface area contributed by atoms with Crippen LogP contribution in [0.15, 0.2) is 69.8 Å². The topological polar surface area (TPSA) is 82.8 Å². The second-order valence-corrected chi connectivity index (χ2v) is 7.83. The van der Waals surface area contributed by atoms with Crippen LogP contribution >= 0.6 is 11.3 Å². The molecular weight excluding hydrogens is 414 g/mol. The lowest BCUT2D eigenvalue weighted by Crippen LogP contribution is -2.40. The Morgan fingerprint density at radius 2 is 1.97 bits per heavy atom. The summed E-state index contributed by atoms with van der Waals surface area (Å²) in [5, 5.41) is 0. The molecule has 158 valence electrons. The molecular formula is C23H21N3O4S. The van der Waals surface area contributed by atoms with Crippen LogP contribution in [0.5, 0.6) is 5.75 Å². The first-order chi connectivity index (χ1) is 15.0. The molecule has 4 rings (SSSR count). The Bertz CT molecular complexity index is 1340. The summed E-state index contributed by atoms with van der Waals surface area (Å²) in [6.45, 7) is 3.73. The Hall–Kier alpha value is -3.52. The largest absolute Gasteiger partial charge is 0.496 e. The summed E-state index contributed by atoms with van der Waals surface area (Å²) in [7, 11) is 1.56. The predicted molar refractivity (Wildman–Crippen MR) is 118 cm³/mol. The molecule has 0 aliphatic carbocycles. The fraction of sp³-hybridized carbons (Fsp3) is 0.217. The van der Waals surface area contributed by atoms with E-state index in [-0.39, 0.29) is 12.2 Å². The number of benzene rings is 1. The van der Waals surface area contributed by atoms with Gasteiger partial charge in [-0.25, -0.2) is 9.79 Å². The number of carbonyl (C=O) groups excluding carboxylic acids is 1. The van der Waals surface area contributed by atoms with Crippen molar-refractivity contribution in [1.82, 2.24) is 9.55 Å². The third kappa shape index (κ3) is 3.82. The van der Waals surface area contributed by atoms with Crippen LogP contribution in [0.4, 0.5) is 0 Å². The SMILES string of the molecule is CCOC(=O)C1=C(C)N=c2s/c(=C/c3ccncc3)c(=O)n2[C@H]1c1ccccc1OC. The van der Waals surface area contributed by atoms with E-state index in [0.717, 1.165) is 5.56 Å². The highest BCUT2D eigenvalue weighted by Crippen LogP contribution is 2.35. The molecule has 8 heteroatoms. The van der Waals surface area contributed by atoms with Crippen molar-refractivity contribution in [3.05, 3.63) is 90.9 Å². The van der Waals surface area contributed by atoms with E-state index in [0.29, 0.717) is 31.9 Å². The van der Waals surface area contributed by atoms with E-state index >= 15 is 0 Å². The number of aromatic nitrogens is 2. The first kappa shape index (κ1) is 20.7. The van der Waals surface area contributed by atoms with Crippen molar-refractivity contribution in [3.8, 4) is 5.75 Å². The van der Waals surface area contributed by atoms with Gasteiger partial charge in [-0.15, -0.1) is 0 Å². The molecule has 0 fully saturated rings. The molecule has 0 N–H and O–H groups in total. The first-order valence-corrected chi connectivity index (χ1v) is 10.6. The Kier molecular flexibility index (Phi) is 5.81. The second kappa shape index (κ2) is 8.69. The van der Waals surface area contributed by atoms with Crippen molar-refractivity contribution in [2.45, 2.75) is 19.9 Å². The highest BCUT2D eigenvalue weighted by molar-refractivity contribution is 7.07. The van der Waals surface area contributed by atoms with Gasteiger partial charge in [0.2, 0.25) is 0 Å². The van der Waals surface area contributed by atoms with Gasteiger partial charge in [0.15, 0.2) is 4.80 Å². The first-order valence-electron chi connectivity index (χ1n) is 9.77. The molecule has 0 spiro atoms. The number of nitrogens with zero attached hydrogens (tertiary/aromatic N) is 3. The van der Waals surface area contributed by atoms with Crippen molar-refractivity contribution < 1.29 is 14.3 Å². The summed E-state index contributed by atoms with van der Waals surface area (Å²) in [5.74, 6) is 0.0794. The Labute approximate surface area is 182 Å². The number of para-hydroxylation sites is 1. The minimum Gasteiger partial charge on any atom is -0.496 e. The van der Waals surface area contributed by atoms with Crippen molar-refractivity contribution in [1.29, 1.82) is 0 Å². The lowest BCUT2D eigenvalue weighted by molar-refractivity contribution is -0.139. The maximum absolute atomic E-state index is 13.5. The predicted octanol–water partition coefficient (Wildman–Crippen LogP) is 2.20. The van der Waals surface area contributed by atoms with Crippen molar-refractivity contribution in [2.75, 3.05) is 13.7 Å². The Morgan fingerprint density at radius 3 is 2.68 bits per heavy atom. The average Bonchev–Trinajstić information content (AvgIpc) is 3.08. The van der Waals surface area contributed by atoms with Gasteiger partial charge in [-0.2, -0.15) is 0 Å². The summed E-state index contributed by atoms with van der Waals surface area (Å²) in [5.41, 5.74) is 2.17. The molecule has 3 aromatic rings. The number of allylic oxidation sites excluding steroid dienone is 1. The fourth-order valence-corrected chi connectivity index (χ4v) is 4.64. The average molecular weight is 436 g/mol. The zero-order valence-electron chi connectivity index (χ0n) is 17.4. The minimum atomic E-state index is -0.703. The number of hydrogen-bond acceptors (Lipinski definition) is 7. The molecule has 1 aliphatic rings. The quantitative estimate of drug-likeness (QED) is 0.574. The molecule has 0 radical (unpaired) electrons. The van der Waals surface area contributed by atoms with Crippen LogP contribution in [0.1, 0.15) is 31.0 Å². The van der Waals surface area contributed by atoms with Crippen molar-refractivity contribution in [3.63, 3.8) is 0 Å². The minimum absolute atomic E-state index is 0.223. The zero-order valence-corrected chi connectivity index (χ0v) is 18.2. The third-order valence-electron chi connectivity index (χ3n) is 4.95. The van der Waals surface area contributed by atoms with Gasteiger partial charge in [0, 0.05) is 18.0 Å². The van der Waals surface area contributed by atoms with Crippen LogP contribution in [0.25, 0.3) is 6.08 Å². The summed E-state index contributed by atoms with van der Waals surface area (Å²) in [4.78, 5) is 35.5. The van der Waals surface area contributed by atoms with Gasteiger partial charge in [-0.1, -0.05) is 29.5 Å². The van der Waals surface area contributed by atoms with E-state index in [1.54, 1.807) is 50.1 Å². The normalized spacial score (nSPS) is 16.0. The molecule has 0 unspecified atom stereocenters. The number of thiazole rings is 1. The van der Waals surface area contributed by atoms with Gasteiger partial charge in [0.05, 0.1) is 29.5 Å². The molecule has 0 saturated heterocycles. The molecule has 1 aromatic carbocycles. The van der Waals surface area contributed by atoms with Crippen LogP contribution in [0, 0.1) is 0 Å². The van der Waals surface area contributed by atoms with E-state index in [1.807, 2.05) is 30.3 Å². The number of methoxy groups -OCH3 is 1. The van der Waals surface area contributed by atoms with Crippen LogP contribution in [0.3, 0.4) is 0 Å². The Balaban J connectivity index is 2.00. The van der Waals surface area contributed by atoms with Crippen LogP contribution < -0.4 is 19.6 Å². The molecule has 1 atom stereocenters. The number of carbonyl (C=O) groups is 1. The van der Waals surface area contributed by atoms with Gasteiger partial charge in [-0.3, -0.25) is 14.3 Å². The summed E-state index contributed by atoms with van der Waals surface area (Å²) in [6.07, 6.45) is 5.14. The van der Waals surface area contributed by atoms with Crippen LogP contribution in [-0.2, 0) is 9.53 Å². The highest BCUT2D eigenvalue weighted by Gasteiger charge is 2.34. The fourth-order valence-electron chi connectivity index (χ4n) is 3.59. The van der Waals surface area contributed by atoms with E-state index in [1.165, 1.54) is 11.3 Å². The van der Waals surface area contributed by atoms with E-state index in [2.05, 4.69) is 9.98 Å². The lowest BCUT2D eigenvalue weighted by Gasteiger charge is -2.25. The van der Waals surface area contributed by atoms with Crippen LogP contribution in [-0.4, -0.2) is 29.2 Å². The summed E-state index contributed by atoms with van der Waals surface area (Å²) < 4.78 is 12.9. The number of pyridine rings is 1. The highest BCUT2D eigenvalue weighted by atomic mass is 32.1. The monoisotopic (exact) mass is 435 g/mol. The molecule has 0 saturated carbocycles. The molecule has 0 bridgehead atoms. The number of esters is 1. The molecule has 0 amide bonds. The number of fused-ring (bicyclic) bond motifs is 1. The van der Waals surface area contributed by atoms with Crippen molar-refractivity contribution >= 4 is 23.4 Å². The molecule has 1 aliphatic heterocycles. The smallest absolute Gasteiger partial charge is 0.338 e. The third-order valence-corrected chi connectivity index (χ3v) is 5.94. The summed E-state index contributed by atoms with van der Waals surface area (Å²) in [6, 6.07) is 10.3. The van der Waals surface area contributed by atoms with E-state index in [9.17, 15) is 9.59 Å². The number of rotatable bonds is 5. The van der Waals surface area contributed by atoms with E-state index in [4.69, 9.17) is 9.47 Å². The maximum Gasteiger partial charge on any atom is 0.338 e. The number of ether oxygens (including phenoxy) is 2. The van der Waals surface area contributed by atoms with Crippen molar-refractivity contribution in [2.24, 2.45) is 4.99 Å². The lowest BCUT2D eigenvalue weighted by atomic mass is 9.95. The van der Waals surface area contributed by atoms with Gasteiger partial charge < -0.3 is 9.47 Å². The summed E-state index contributed by atoms with van der Waals surface area (Å²) >= 11 is 1.28. The standard InChI is InChI=1S/C23H21N3O4S/c1-4-30-22(28)19-14(2)25-23-26(20(19)16-7-5-6-8-17(16)29-3)21(27)18(31-23)13-15-9-11-24-12-10-15/h5-13,20H,4H2,1-3H3/b18-13+/t20-/m0/s1. The van der Waals surface area contributed by atoms with E-state index < -0.39 is 12.0 Å². The molecule has 7 nitrogen and oxygen atoms in total. The van der Waals surface area contributed by atoms with Crippen LogP contribution in [0.2, 0.25) is 0 Å². The molecule has 31 heavy (non-hydrogen) atoms. The molecule has 2 aromatic heterocycles. The zero-order chi connectivity index (χ0) is 22.0. The number of hydrogen-bond donors (Lipinski definition) is 0. The Morgan fingerprint density at radius 1 is 1.23 bits per heavy atom.